The van der Waals surface area contributed by atoms with Gasteiger partial charge in [-0.15, -0.1) is 0 Å². The summed E-state index contributed by atoms with van der Waals surface area (Å²) in [4.78, 5) is 20.3. The molecule has 0 rings (SSSR count). The minimum absolute atomic E-state index is 0. The summed E-state index contributed by atoms with van der Waals surface area (Å²) in [5.41, 5.74) is 0. The quantitative estimate of drug-likeness (QED) is 0.0386. The van der Waals surface area contributed by atoms with Crippen LogP contribution in [0.3, 0.4) is 0 Å². The predicted molar refractivity (Wildman–Crippen MR) is 187 cm³/mol. The first kappa shape index (κ1) is 48.3. The van der Waals surface area contributed by atoms with Crippen LogP contribution in [0.2, 0.25) is 0 Å². The van der Waals surface area contributed by atoms with Crippen molar-refractivity contribution >= 4 is 11.9 Å². The number of carboxylic acid groups (broad SMARTS) is 2. The molecule has 0 unspecified atom stereocenters. The number of hydrogen-bond donors (Lipinski definition) is 0. The molecule has 0 aliphatic rings. The molecule has 0 radical (unpaired) electrons. The molecule has 0 N–H and O–H groups in total. The fraction of sp³-hybridized carbons (Fsp3) is 0.850. The first-order valence-corrected chi connectivity index (χ1v) is 19.3. The fourth-order valence-corrected chi connectivity index (χ4v) is 5.63. The van der Waals surface area contributed by atoms with Gasteiger partial charge in [0.15, 0.2) is 0 Å². The van der Waals surface area contributed by atoms with Crippen molar-refractivity contribution in [2.45, 2.75) is 219 Å². The van der Waals surface area contributed by atoms with Gasteiger partial charge < -0.3 is 19.8 Å². The van der Waals surface area contributed by atoms with Gasteiger partial charge in [0, 0.05) is 0 Å². The largest absolute Gasteiger partial charge is 2.00 e. The van der Waals surface area contributed by atoms with Gasteiger partial charge in [0.05, 0.1) is 11.9 Å². The molecule has 45 heavy (non-hydrogen) atoms. The summed E-state index contributed by atoms with van der Waals surface area (Å²) < 4.78 is 0. The average molecular weight is 675 g/mol. The number of unbranched alkanes of at least 4 members (excludes halogenated alkanes) is 30. The molecular formula is C40H74FeO4. The third-order valence-electron chi connectivity index (χ3n) is 8.46. The van der Waals surface area contributed by atoms with Crippen LogP contribution < -0.4 is 10.2 Å². The van der Waals surface area contributed by atoms with Crippen molar-refractivity contribution in [1.29, 1.82) is 0 Å². The van der Waals surface area contributed by atoms with Crippen LogP contribution >= 0.6 is 0 Å². The Balaban J connectivity index is -0.000000767. The minimum Gasteiger partial charge on any atom is -0.545 e. The zero-order chi connectivity index (χ0) is 32.6. The van der Waals surface area contributed by atoms with Gasteiger partial charge in [-0.25, -0.2) is 0 Å². The van der Waals surface area contributed by atoms with Gasteiger partial charge in [-0.1, -0.05) is 206 Å². The van der Waals surface area contributed by atoms with Crippen molar-refractivity contribution in [3.63, 3.8) is 0 Å². The molecule has 0 aromatic heterocycles. The molecule has 0 aromatic carbocycles. The summed E-state index contributed by atoms with van der Waals surface area (Å²) in [6.07, 6.45) is 48.3. The molecule has 0 atom stereocenters. The maximum Gasteiger partial charge on any atom is 2.00 e. The van der Waals surface area contributed by atoms with Crippen LogP contribution in [0.5, 0.6) is 0 Å². The molecule has 0 aromatic rings. The molecule has 0 saturated heterocycles. The standard InChI is InChI=1S/2C20H38O2.Fe/c2*1-2-3-4-5-6-7-8-9-10-11-12-13-14-15-16-17-18-19-20(21)22;/h2*18-19H,2-17H2,1H3,(H,21,22);/q;;+2/p-2. The van der Waals surface area contributed by atoms with Crippen LogP contribution in [0.4, 0.5) is 0 Å². The van der Waals surface area contributed by atoms with Gasteiger partial charge in [-0.05, 0) is 37.8 Å². The maximum absolute atomic E-state index is 10.2. The van der Waals surface area contributed by atoms with Gasteiger partial charge in [-0.2, -0.15) is 0 Å². The van der Waals surface area contributed by atoms with E-state index in [0.29, 0.717) is 0 Å². The summed E-state index contributed by atoms with van der Waals surface area (Å²) in [7, 11) is 0. The Morgan fingerprint density at radius 1 is 0.356 bits per heavy atom. The summed E-state index contributed by atoms with van der Waals surface area (Å²) in [6, 6.07) is 0. The van der Waals surface area contributed by atoms with E-state index in [1.54, 1.807) is 12.2 Å². The van der Waals surface area contributed by atoms with Crippen LogP contribution in [0.15, 0.2) is 24.3 Å². The van der Waals surface area contributed by atoms with Crippen LogP contribution in [-0.4, -0.2) is 11.9 Å². The Bertz CT molecular complexity index is 578. The molecule has 0 aliphatic carbocycles. The first-order valence-electron chi connectivity index (χ1n) is 19.3. The number of carbonyl (C=O) groups is 2. The second-order valence-corrected chi connectivity index (χ2v) is 12.9. The van der Waals surface area contributed by atoms with E-state index in [4.69, 9.17) is 0 Å². The summed E-state index contributed by atoms with van der Waals surface area (Å²) in [5, 5.41) is 20.3. The Morgan fingerprint density at radius 3 is 0.711 bits per heavy atom. The van der Waals surface area contributed by atoms with E-state index in [1.807, 2.05) is 0 Å². The topological polar surface area (TPSA) is 80.3 Å². The Labute approximate surface area is 291 Å². The van der Waals surface area contributed by atoms with E-state index in [9.17, 15) is 19.8 Å². The van der Waals surface area contributed by atoms with Gasteiger partial charge in [0.2, 0.25) is 0 Å². The zero-order valence-corrected chi connectivity index (χ0v) is 31.0. The summed E-state index contributed by atoms with van der Waals surface area (Å²) in [5.74, 6) is -2.16. The van der Waals surface area contributed by atoms with Crippen molar-refractivity contribution in [3.05, 3.63) is 24.3 Å². The van der Waals surface area contributed by atoms with E-state index in [0.717, 1.165) is 37.8 Å². The van der Waals surface area contributed by atoms with E-state index in [1.165, 1.54) is 180 Å². The number of carbonyl (C=O) groups excluding carboxylic acids is 2. The van der Waals surface area contributed by atoms with Crippen molar-refractivity contribution in [1.82, 2.24) is 0 Å². The zero-order valence-electron chi connectivity index (χ0n) is 29.9. The van der Waals surface area contributed by atoms with E-state index >= 15 is 0 Å². The molecule has 5 heteroatoms. The molecule has 0 aliphatic heterocycles. The third kappa shape index (κ3) is 52.7. The summed E-state index contributed by atoms with van der Waals surface area (Å²) in [6.45, 7) is 4.54. The molecule has 266 valence electrons. The van der Waals surface area contributed by atoms with Gasteiger partial charge in [-0.3, -0.25) is 0 Å². The minimum atomic E-state index is -1.08. The van der Waals surface area contributed by atoms with E-state index < -0.39 is 11.9 Å². The Morgan fingerprint density at radius 2 is 0.533 bits per heavy atom. The maximum atomic E-state index is 10.2. The Kier molecular flexibility index (Phi) is 48.4. The van der Waals surface area contributed by atoms with Crippen molar-refractivity contribution < 1.29 is 36.9 Å². The van der Waals surface area contributed by atoms with Gasteiger partial charge >= 0.3 is 17.1 Å². The predicted octanol–water partition coefficient (Wildman–Crippen LogP) is 11.1. The number of aliphatic carboxylic acids is 2. The van der Waals surface area contributed by atoms with Crippen molar-refractivity contribution in [2.75, 3.05) is 0 Å². The molecule has 0 amide bonds. The fourth-order valence-electron chi connectivity index (χ4n) is 5.63. The monoisotopic (exact) mass is 674 g/mol. The molecule has 0 bridgehead atoms. The van der Waals surface area contributed by atoms with Crippen LogP contribution in [0, 0.1) is 0 Å². The van der Waals surface area contributed by atoms with Crippen molar-refractivity contribution in [3.8, 4) is 0 Å². The van der Waals surface area contributed by atoms with Crippen LogP contribution in [0.25, 0.3) is 0 Å². The van der Waals surface area contributed by atoms with Gasteiger partial charge in [0.25, 0.3) is 0 Å². The summed E-state index contributed by atoms with van der Waals surface area (Å²) >= 11 is 0. The molecular weight excluding hydrogens is 600 g/mol. The molecule has 0 spiro atoms. The Hall–Kier alpha value is -1.06. The molecule has 0 fully saturated rings. The first-order chi connectivity index (χ1) is 21.5. The van der Waals surface area contributed by atoms with E-state index in [-0.39, 0.29) is 17.1 Å². The number of allylic oxidation sites excluding steroid dienone is 2. The van der Waals surface area contributed by atoms with E-state index in [2.05, 4.69) is 13.8 Å². The number of carboxylic acids is 2. The van der Waals surface area contributed by atoms with Crippen LogP contribution in [0.1, 0.15) is 219 Å². The van der Waals surface area contributed by atoms with Gasteiger partial charge in [0.1, 0.15) is 0 Å². The normalized spacial score (nSPS) is 11.1. The third-order valence-corrected chi connectivity index (χ3v) is 8.46. The molecule has 4 nitrogen and oxygen atoms in total. The number of hydrogen-bond acceptors (Lipinski definition) is 4. The van der Waals surface area contributed by atoms with Crippen molar-refractivity contribution in [2.24, 2.45) is 0 Å². The number of rotatable bonds is 34. The van der Waals surface area contributed by atoms with Crippen LogP contribution in [-0.2, 0) is 26.7 Å². The smallest absolute Gasteiger partial charge is 0.545 e. The molecule has 0 saturated carbocycles. The second kappa shape index (κ2) is 45.1. The SMILES string of the molecule is CCCCCCCCCCCCCCCCCC=CC(=O)[O-].CCCCCCCCCCCCCCCCCC=CC(=O)[O-].[Fe+2]. The second-order valence-electron chi connectivity index (χ2n) is 12.9. The average Bonchev–Trinajstić information content (AvgIpc) is 3.00. The molecule has 0 heterocycles.